The summed E-state index contributed by atoms with van der Waals surface area (Å²) in [5.41, 5.74) is 6.28. The van der Waals surface area contributed by atoms with Crippen molar-refractivity contribution in [2.45, 2.75) is 40.5 Å². The van der Waals surface area contributed by atoms with E-state index < -0.39 is 0 Å². The topological polar surface area (TPSA) is 58.1 Å². The molecule has 0 radical (unpaired) electrons. The zero-order chi connectivity index (χ0) is 20.5. The minimum absolute atomic E-state index is 0. The summed E-state index contributed by atoms with van der Waals surface area (Å²) in [5, 5.41) is 4.38. The van der Waals surface area contributed by atoms with Gasteiger partial charge in [0.15, 0.2) is 5.65 Å². The van der Waals surface area contributed by atoms with Crippen molar-refractivity contribution in [3.05, 3.63) is 58.9 Å². The van der Waals surface area contributed by atoms with Crippen molar-refractivity contribution in [2.75, 3.05) is 18.4 Å². The lowest BCUT2D eigenvalue weighted by molar-refractivity contribution is 0.0698. The molecule has 0 atom stereocenters. The van der Waals surface area contributed by atoms with Crippen LogP contribution in [0.15, 0.2) is 36.5 Å². The normalized spacial score (nSPS) is 14.5. The van der Waals surface area contributed by atoms with E-state index in [1.807, 2.05) is 24.0 Å². The van der Waals surface area contributed by atoms with E-state index in [0.717, 1.165) is 48.4 Å². The van der Waals surface area contributed by atoms with Gasteiger partial charge in [-0.05, 0) is 74.9 Å². The van der Waals surface area contributed by atoms with Gasteiger partial charge in [0, 0.05) is 36.1 Å². The van der Waals surface area contributed by atoms with E-state index in [-0.39, 0.29) is 18.3 Å². The van der Waals surface area contributed by atoms with Gasteiger partial charge < -0.3 is 10.2 Å². The summed E-state index contributed by atoms with van der Waals surface area (Å²) >= 11 is 0. The summed E-state index contributed by atoms with van der Waals surface area (Å²) in [6.45, 7) is 9.95. The van der Waals surface area contributed by atoms with Crippen LogP contribution in [-0.4, -0.2) is 33.9 Å². The number of nitrogens with one attached hydrogen (secondary N) is 1. The number of amides is 1. The van der Waals surface area contributed by atoms with Crippen molar-refractivity contribution < 1.29 is 4.79 Å². The number of carbonyl (C=O) groups excluding carboxylic acids is 1. The number of anilines is 2. The number of likely N-dealkylation sites (tertiary alicyclic amines) is 1. The van der Waals surface area contributed by atoms with E-state index in [0.29, 0.717) is 17.1 Å². The van der Waals surface area contributed by atoms with Crippen LogP contribution in [0.5, 0.6) is 0 Å². The van der Waals surface area contributed by atoms with Crippen LogP contribution >= 0.6 is 12.4 Å². The molecule has 158 valence electrons. The highest BCUT2D eigenvalue weighted by molar-refractivity contribution is 6.07. The number of benzene rings is 1. The number of aromatic nitrogens is 2. The number of nitrogens with zero attached hydrogens (tertiary/aromatic N) is 3. The van der Waals surface area contributed by atoms with Gasteiger partial charge in [-0.2, -0.15) is 0 Å². The fraction of sp³-hybridized carbons (Fsp3) is 0.375. The van der Waals surface area contributed by atoms with Crippen molar-refractivity contribution >= 4 is 40.7 Å². The third kappa shape index (κ3) is 4.57. The Morgan fingerprint density at radius 1 is 1.07 bits per heavy atom. The maximum Gasteiger partial charge on any atom is 0.257 e. The number of pyridine rings is 2. The highest BCUT2D eigenvalue weighted by Gasteiger charge is 2.25. The zero-order valence-electron chi connectivity index (χ0n) is 18.0. The number of carbonyl (C=O) groups is 1. The fourth-order valence-corrected chi connectivity index (χ4v) is 4.04. The van der Waals surface area contributed by atoms with Gasteiger partial charge in [-0.3, -0.25) is 4.79 Å². The van der Waals surface area contributed by atoms with Gasteiger partial charge >= 0.3 is 0 Å². The molecule has 0 saturated carbocycles. The summed E-state index contributed by atoms with van der Waals surface area (Å²) in [7, 11) is 0. The standard InChI is InChI=1S/C24H28N4O.ClH/c1-15-7-9-28(10-8-15)24(29)21-14-25-23-20(6-5-18(4)26-23)22(21)27-19-12-16(2)11-17(3)13-19;/h5-6,11-15H,7-10H2,1-4H3,(H,25,26,27);1H. The molecule has 2 aromatic heterocycles. The maximum atomic E-state index is 13.4. The van der Waals surface area contributed by atoms with Gasteiger partial charge in [-0.25, -0.2) is 9.97 Å². The summed E-state index contributed by atoms with van der Waals surface area (Å²) in [5.74, 6) is 0.715. The average molecular weight is 425 g/mol. The van der Waals surface area contributed by atoms with Gasteiger partial charge in [-0.15, -0.1) is 12.4 Å². The Kier molecular flexibility index (Phi) is 6.61. The average Bonchev–Trinajstić information content (AvgIpc) is 2.67. The summed E-state index contributed by atoms with van der Waals surface area (Å²) in [6.07, 6.45) is 3.78. The number of piperidine rings is 1. The molecule has 1 aliphatic heterocycles. The number of hydrogen-bond donors (Lipinski definition) is 1. The summed E-state index contributed by atoms with van der Waals surface area (Å²) in [4.78, 5) is 24.4. The van der Waals surface area contributed by atoms with E-state index in [2.05, 4.69) is 54.3 Å². The molecule has 1 N–H and O–H groups in total. The lowest BCUT2D eigenvalue weighted by atomic mass is 9.98. The van der Waals surface area contributed by atoms with Crippen LogP contribution in [0.2, 0.25) is 0 Å². The highest BCUT2D eigenvalue weighted by atomic mass is 35.5. The number of hydrogen-bond acceptors (Lipinski definition) is 4. The van der Waals surface area contributed by atoms with Gasteiger partial charge in [0.2, 0.25) is 0 Å². The molecule has 1 saturated heterocycles. The van der Waals surface area contributed by atoms with Gasteiger partial charge in [0.25, 0.3) is 5.91 Å². The van der Waals surface area contributed by atoms with Crippen molar-refractivity contribution in [1.29, 1.82) is 0 Å². The van der Waals surface area contributed by atoms with Crippen LogP contribution in [0.1, 0.15) is 46.9 Å². The Morgan fingerprint density at radius 3 is 2.40 bits per heavy atom. The highest BCUT2D eigenvalue weighted by Crippen LogP contribution is 2.31. The van der Waals surface area contributed by atoms with Gasteiger partial charge in [0.1, 0.15) is 0 Å². The Hall–Kier alpha value is -2.66. The quantitative estimate of drug-likeness (QED) is 0.595. The largest absolute Gasteiger partial charge is 0.354 e. The van der Waals surface area contributed by atoms with E-state index in [4.69, 9.17) is 0 Å². The third-order valence-corrected chi connectivity index (χ3v) is 5.66. The minimum atomic E-state index is 0. The second-order valence-corrected chi connectivity index (χ2v) is 8.35. The zero-order valence-corrected chi connectivity index (χ0v) is 18.8. The van der Waals surface area contributed by atoms with E-state index in [1.165, 1.54) is 11.1 Å². The van der Waals surface area contributed by atoms with Crippen molar-refractivity contribution in [3.8, 4) is 0 Å². The smallest absolute Gasteiger partial charge is 0.257 e. The van der Waals surface area contributed by atoms with Crippen molar-refractivity contribution in [1.82, 2.24) is 14.9 Å². The summed E-state index contributed by atoms with van der Waals surface area (Å²) < 4.78 is 0. The first-order valence-corrected chi connectivity index (χ1v) is 10.3. The molecule has 3 heterocycles. The van der Waals surface area contributed by atoms with Crippen molar-refractivity contribution in [2.24, 2.45) is 5.92 Å². The molecule has 5 nitrogen and oxygen atoms in total. The molecule has 4 rings (SSSR count). The number of aryl methyl sites for hydroxylation is 3. The van der Waals surface area contributed by atoms with Crippen LogP contribution in [0.3, 0.4) is 0 Å². The van der Waals surface area contributed by atoms with Crippen LogP contribution in [-0.2, 0) is 0 Å². The predicted molar refractivity (Wildman–Crippen MR) is 125 cm³/mol. The van der Waals surface area contributed by atoms with E-state index >= 15 is 0 Å². The SMILES string of the molecule is Cc1cc(C)cc(Nc2c(C(=O)N3CCC(C)CC3)cnc3nc(C)ccc23)c1.Cl. The van der Waals surface area contributed by atoms with Crippen LogP contribution in [0.25, 0.3) is 11.0 Å². The number of halogens is 1. The molecule has 0 spiro atoms. The Labute approximate surface area is 184 Å². The molecular weight excluding hydrogens is 396 g/mol. The lowest BCUT2D eigenvalue weighted by Crippen LogP contribution is -2.38. The number of rotatable bonds is 3. The molecule has 0 unspecified atom stereocenters. The molecule has 1 fully saturated rings. The first-order valence-electron chi connectivity index (χ1n) is 10.3. The lowest BCUT2D eigenvalue weighted by Gasteiger charge is -2.31. The molecule has 6 heteroatoms. The first-order chi connectivity index (χ1) is 13.9. The van der Waals surface area contributed by atoms with Crippen molar-refractivity contribution in [3.63, 3.8) is 0 Å². The Morgan fingerprint density at radius 2 is 1.73 bits per heavy atom. The molecule has 0 bridgehead atoms. The molecule has 1 aliphatic rings. The first kappa shape index (κ1) is 22.0. The molecular formula is C24H29ClN4O. The van der Waals surface area contributed by atoms with Crippen LogP contribution in [0.4, 0.5) is 11.4 Å². The van der Waals surface area contributed by atoms with Crippen LogP contribution in [0, 0.1) is 26.7 Å². The second-order valence-electron chi connectivity index (χ2n) is 8.35. The molecule has 30 heavy (non-hydrogen) atoms. The van der Waals surface area contributed by atoms with Crippen LogP contribution < -0.4 is 5.32 Å². The molecule has 1 aromatic carbocycles. The van der Waals surface area contributed by atoms with Gasteiger partial charge in [0.05, 0.1) is 11.3 Å². The summed E-state index contributed by atoms with van der Waals surface area (Å²) in [6, 6.07) is 10.3. The molecule has 1 amide bonds. The predicted octanol–water partition coefficient (Wildman–Crippen LogP) is 5.59. The van der Waals surface area contributed by atoms with E-state index in [1.54, 1.807) is 6.20 Å². The second kappa shape index (κ2) is 9.00. The molecule has 0 aliphatic carbocycles. The molecule has 3 aromatic rings. The monoisotopic (exact) mass is 424 g/mol. The minimum Gasteiger partial charge on any atom is -0.354 e. The third-order valence-electron chi connectivity index (χ3n) is 5.66. The Balaban J connectivity index is 0.00000256. The Bertz CT molecular complexity index is 1050. The van der Waals surface area contributed by atoms with Gasteiger partial charge in [-0.1, -0.05) is 13.0 Å². The van der Waals surface area contributed by atoms with E-state index in [9.17, 15) is 4.79 Å². The fourth-order valence-electron chi connectivity index (χ4n) is 4.04. The number of fused-ring (bicyclic) bond motifs is 1. The maximum absolute atomic E-state index is 13.4.